The van der Waals surface area contributed by atoms with E-state index in [0.717, 1.165) is 28.2 Å². The van der Waals surface area contributed by atoms with E-state index in [4.69, 9.17) is 0 Å². The van der Waals surface area contributed by atoms with Gasteiger partial charge >= 0.3 is 0 Å². The molecule has 136 valence electrons. The van der Waals surface area contributed by atoms with Gasteiger partial charge in [-0.1, -0.05) is 90.1 Å². The summed E-state index contributed by atoms with van der Waals surface area (Å²) in [5.74, 6) is 0. The Morgan fingerprint density at radius 2 is 1.04 bits per heavy atom. The van der Waals surface area contributed by atoms with Crippen LogP contribution in [0.15, 0.2) is 120 Å². The fraction of sp³-hybridized carbons (Fsp3) is 0. The van der Waals surface area contributed by atoms with Crippen LogP contribution in [0.1, 0.15) is 11.1 Å². The highest BCUT2D eigenvalue weighted by atomic mass is 16.4. The van der Waals surface area contributed by atoms with Gasteiger partial charge in [-0.2, -0.15) is 0 Å². The smallest absolute Gasteiger partial charge is 0.119 e. The topological polar surface area (TPSA) is 35.8 Å². The number of oxime groups is 1. The van der Waals surface area contributed by atoms with Gasteiger partial charge in [-0.3, -0.25) is 0 Å². The van der Waals surface area contributed by atoms with Crippen LogP contribution < -0.4 is 4.90 Å². The number of hydrogen-bond donors (Lipinski definition) is 1. The Morgan fingerprint density at radius 1 is 0.571 bits per heavy atom. The third-order valence-corrected chi connectivity index (χ3v) is 4.58. The SMILES string of the molecule is O/N=C(\c1ccccc1)c1ccccc1N(c1ccccc1)c1ccccc1. The van der Waals surface area contributed by atoms with Crippen molar-refractivity contribution in [3.05, 3.63) is 126 Å². The molecule has 0 aromatic heterocycles. The van der Waals surface area contributed by atoms with E-state index in [1.807, 2.05) is 91.0 Å². The van der Waals surface area contributed by atoms with Gasteiger partial charge in [0.25, 0.3) is 0 Å². The van der Waals surface area contributed by atoms with Gasteiger partial charge in [0.2, 0.25) is 0 Å². The van der Waals surface area contributed by atoms with Gasteiger partial charge in [0.05, 0.1) is 5.69 Å². The van der Waals surface area contributed by atoms with E-state index >= 15 is 0 Å². The first-order chi connectivity index (χ1) is 13.9. The van der Waals surface area contributed by atoms with E-state index in [2.05, 4.69) is 34.3 Å². The number of hydrogen-bond acceptors (Lipinski definition) is 3. The maximum absolute atomic E-state index is 9.85. The Kier molecular flexibility index (Phi) is 5.16. The predicted molar refractivity (Wildman–Crippen MR) is 115 cm³/mol. The van der Waals surface area contributed by atoms with Crippen LogP contribution in [-0.2, 0) is 0 Å². The van der Waals surface area contributed by atoms with Crippen LogP contribution in [0.25, 0.3) is 0 Å². The summed E-state index contributed by atoms with van der Waals surface area (Å²) < 4.78 is 0. The summed E-state index contributed by atoms with van der Waals surface area (Å²) in [6.07, 6.45) is 0. The zero-order chi connectivity index (χ0) is 19.2. The number of rotatable bonds is 5. The van der Waals surface area contributed by atoms with E-state index in [1.165, 1.54) is 0 Å². The van der Waals surface area contributed by atoms with Gasteiger partial charge in [0.1, 0.15) is 5.71 Å². The van der Waals surface area contributed by atoms with Crippen molar-refractivity contribution in [3.8, 4) is 0 Å². The molecule has 3 nitrogen and oxygen atoms in total. The van der Waals surface area contributed by atoms with Crippen molar-refractivity contribution < 1.29 is 5.21 Å². The van der Waals surface area contributed by atoms with Gasteiger partial charge in [-0.05, 0) is 30.3 Å². The molecule has 0 radical (unpaired) electrons. The average Bonchev–Trinajstić information content (AvgIpc) is 2.78. The fourth-order valence-corrected chi connectivity index (χ4v) is 3.31. The third-order valence-electron chi connectivity index (χ3n) is 4.58. The fourth-order valence-electron chi connectivity index (χ4n) is 3.31. The number of para-hydroxylation sites is 3. The zero-order valence-corrected chi connectivity index (χ0v) is 15.3. The van der Waals surface area contributed by atoms with Crippen LogP contribution in [0.4, 0.5) is 17.1 Å². The second kappa shape index (κ2) is 8.23. The van der Waals surface area contributed by atoms with Gasteiger partial charge in [0.15, 0.2) is 0 Å². The van der Waals surface area contributed by atoms with Gasteiger partial charge in [0, 0.05) is 22.5 Å². The van der Waals surface area contributed by atoms with Crippen molar-refractivity contribution in [2.24, 2.45) is 5.16 Å². The van der Waals surface area contributed by atoms with Crippen molar-refractivity contribution in [3.63, 3.8) is 0 Å². The van der Waals surface area contributed by atoms with Crippen molar-refractivity contribution in [1.82, 2.24) is 0 Å². The predicted octanol–water partition coefficient (Wildman–Crippen LogP) is 6.38. The van der Waals surface area contributed by atoms with E-state index < -0.39 is 0 Å². The molecule has 0 saturated heterocycles. The molecule has 0 atom stereocenters. The average molecular weight is 364 g/mol. The summed E-state index contributed by atoms with van der Waals surface area (Å²) in [6, 6.07) is 38.1. The van der Waals surface area contributed by atoms with Crippen molar-refractivity contribution in [2.75, 3.05) is 4.90 Å². The van der Waals surface area contributed by atoms with E-state index in [-0.39, 0.29) is 0 Å². The van der Waals surface area contributed by atoms with E-state index in [1.54, 1.807) is 0 Å². The molecule has 0 spiro atoms. The Morgan fingerprint density at radius 3 is 1.57 bits per heavy atom. The molecule has 3 heteroatoms. The Hall–Kier alpha value is -3.85. The number of anilines is 3. The third kappa shape index (κ3) is 3.51. The summed E-state index contributed by atoms with van der Waals surface area (Å²) >= 11 is 0. The molecule has 1 N–H and O–H groups in total. The van der Waals surface area contributed by atoms with Gasteiger partial charge < -0.3 is 10.1 Å². The lowest BCUT2D eigenvalue weighted by Gasteiger charge is -2.27. The van der Waals surface area contributed by atoms with Gasteiger partial charge in [-0.25, -0.2) is 0 Å². The lowest BCUT2D eigenvalue weighted by Crippen LogP contribution is -2.15. The highest BCUT2D eigenvalue weighted by Gasteiger charge is 2.19. The monoisotopic (exact) mass is 364 g/mol. The summed E-state index contributed by atoms with van der Waals surface area (Å²) in [7, 11) is 0. The minimum atomic E-state index is 0.535. The van der Waals surface area contributed by atoms with E-state index in [9.17, 15) is 5.21 Å². The maximum atomic E-state index is 9.85. The second-order valence-corrected chi connectivity index (χ2v) is 6.34. The maximum Gasteiger partial charge on any atom is 0.119 e. The molecule has 4 aromatic rings. The minimum absolute atomic E-state index is 0.535. The summed E-state index contributed by atoms with van der Waals surface area (Å²) in [4.78, 5) is 2.17. The molecule has 4 aromatic carbocycles. The van der Waals surface area contributed by atoms with Crippen LogP contribution in [0.5, 0.6) is 0 Å². The van der Waals surface area contributed by atoms with Crippen molar-refractivity contribution >= 4 is 22.8 Å². The Balaban J connectivity index is 1.92. The molecule has 0 amide bonds. The molecule has 0 saturated carbocycles. The largest absolute Gasteiger partial charge is 0.410 e. The molecular formula is C25H20N2O. The Bertz CT molecular complexity index is 1020. The standard InChI is InChI=1S/C25H20N2O/c28-26-25(20-12-4-1-5-13-20)23-18-10-11-19-24(23)27(21-14-6-2-7-15-21)22-16-8-3-9-17-22/h1-19,28H/b26-25+. The molecule has 0 bridgehead atoms. The molecule has 0 aliphatic carbocycles. The zero-order valence-electron chi connectivity index (χ0n) is 15.3. The number of benzene rings is 4. The highest BCUT2D eigenvalue weighted by Crippen LogP contribution is 2.37. The molecule has 0 heterocycles. The van der Waals surface area contributed by atoms with Crippen LogP contribution in [0.2, 0.25) is 0 Å². The molecule has 0 unspecified atom stereocenters. The number of nitrogens with zero attached hydrogens (tertiary/aromatic N) is 2. The molecule has 0 aliphatic heterocycles. The van der Waals surface area contributed by atoms with Crippen LogP contribution >= 0.6 is 0 Å². The lowest BCUT2D eigenvalue weighted by molar-refractivity contribution is 0.319. The molecule has 28 heavy (non-hydrogen) atoms. The Labute approximate surface area is 164 Å². The first-order valence-electron chi connectivity index (χ1n) is 9.15. The normalized spacial score (nSPS) is 11.2. The van der Waals surface area contributed by atoms with Crippen LogP contribution in [-0.4, -0.2) is 10.9 Å². The first kappa shape index (κ1) is 17.6. The lowest BCUT2D eigenvalue weighted by atomic mass is 9.99. The summed E-state index contributed by atoms with van der Waals surface area (Å²) in [6.45, 7) is 0. The van der Waals surface area contributed by atoms with Crippen LogP contribution in [0.3, 0.4) is 0 Å². The summed E-state index contributed by atoms with van der Waals surface area (Å²) in [5, 5.41) is 13.5. The summed E-state index contributed by atoms with van der Waals surface area (Å²) in [5.41, 5.74) is 5.25. The van der Waals surface area contributed by atoms with Crippen molar-refractivity contribution in [2.45, 2.75) is 0 Å². The highest BCUT2D eigenvalue weighted by molar-refractivity contribution is 6.16. The molecular weight excluding hydrogens is 344 g/mol. The molecule has 0 aliphatic rings. The molecule has 0 fully saturated rings. The second-order valence-electron chi connectivity index (χ2n) is 6.34. The quantitative estimate of drug-likeness (QED) is 0.253. The van der Waals surface area contributed by atoms with Crippen molar-refractivity contribution in [1.29, 1.82) is 0 Å². The van der Waals surface area contributed by atoms with Crippen LogP contribution in [0, 0.1) is 0 Å². The first-order valence-corrected chi connectivity index (χ1v) is 9.15. The van der Waals surface area contributed by atoms with Gasteiger partial charge in [-0.15, -0.1) is 0 Å². The molecule has 4 rings (SSSR count). The minimum Gasteiger partial charge on any atom is -0.410 e. The van der Waals surface area contributed by atoms with E-state index in [0.29, 0.717) is 5.71 Å².